The van der Waals surface area contributed by atoms with Crippen LogP contribution in [-0.2, 0) is 6.42 Å². The number of hydrogen-bond acceptors (Lipinski definition) is 2. The van der Waals surface area contributed by atoms with Gasteiger partial charge in [0.05, 0.1) is 0 Å². The Morgan fingerprint density at radius 3 is 2.47 bits per heavy atom. The van der Waals surface area contributed by atoms with Crippen molar-refractivity contribution < 1.29 is 4.79 Å². The van der Waals surface area contributed by atoms with E-state index in [0.717, 1.165) is 20.9 Å². The lowest BCUT2D eigenvalue weighted by atomic mass is 10.0. The molecule has 0 spiro atoms. The number of ketones is 1. The SMILES string of the molecule is O=C(CCc1ccsc1)c1cc(Br)cc(Br)c1. The van der Waals surface area contributed by atoms with Gasteiger partial charge in [0.15, 0.2) is 5.78 Å². The fourth-order valence-electron chi connectivity index (χ4n) is 1.55. The van der Waals surface area contributed by atoms with E-state index in [-0.39, 0.29) is 5.78 Å². The van der Waals surface area contributed by atoms with Gasteiger partial charge in [0, 0.05) is 20.9 Å². The summed E-state index contributed by atoms with van der Waals surface area (Å²) < 4.78 is 1.84. The van der Waals surface area contributed by atoms with E-state index in [2.05, 4.69) is 43.3 Å². The highest BCUT2D eigenvalue weighted by atomic mass is 79.9. The third-order valence-electron chi connectivity index (χ3n) is 2.41. The van der Waals surface area contributed by atoms with Crippen LogP contribution < -0.4 is 0 Å². The summed E-state index contributed by atoms with van der Waals surface area (Å²) in [7, 11) is 0. The Morgan fingerprint density at radius 2 is 1.88 bits per heavy atom. The summed E-state index contributed by atoms with van der Waals surface area (Å²) in [5.74, 6) is 0.179. The Balaban J connectivity index is 2.04. The molecule has 0 radical (unpaired) electrons. The molecule has 0 atom stereocenters. The summed E-state index contributed by atoms with van der Waals surface area (Å²) in [5, 5.41) is 4.12. The predicted octanol–water partition coefficient (Wildman–Crippen LogP) is 5.09. The van der Waals surface area contributed by atoms with E-state index < -0.39 is 0 Å². The highest BCUT2D eigenvalue weighted by molar-refractivity contribution is 9.11. The first-order chi connectivity index (χ1) is 8.15. The lowest BCUT2D eigenvalue weighted by Gasteiger charge is -2.02. The molecule has 17 heavy (non-hydrogen) atoms. The Morgan fingerprint density at radius 1 is 1.18 bits per heavy atom. The average molecular weight is 374 g/mol. The van der Waals surface area contributed by atoms with Crippen LogP contribution in [0.4, 0.5) is 0 Å². The summed E-state index contributed by atoms with van der Waals surface area (Å²) in [6.45, 7) is 0. The van der Waals surface area contributed by atoms with Gasteiger partial charge in [-0.25, -0.2) is 0 Å². The Labute approximate surface area is 121 Å². The minimum Gasteiger partial charge on any atom is -0.294 e. The second-order valence-electron chi connectivity index (χ2n) is 3.71. The fourth-order valence-corrected chi connectivity index (χ4v) is 3.55. The maximum Gasteiger partial charge on any atom is 0.163 e. The van der Waals surface area contributed by atoms with Gasteiger partial charge < -0.3 is 0 Å². The molecule has 0 fully saturated rings. The molecule has 0 N–H and O–H groups in total. The number of benzene rings is 1. The number of rotatable bonds is 4. The van der Waals surface area contributed by atoms with Gasteiger partial charge in [-0.1, -0.05) is 31.9 Å². The number of carbonyl (C=O) groups is 1. The van der Waals surface area contributed by atoms with Crippen LogP contribution in [0.5, 0.6) is 0 Å². The minimum absolute atomic E-state index is 0.179. The molecule has 2 rings (SSSR count). The van der Waals surface area contributed by atoms with Gasteiger partial charge in [-0.05, 0) is 47.0 Å². The zero-order valence-electron chi connectivity index (χ0n) is 8.95. The van der Waals surface area contributed by atoms with Crippen LogP contribution in [0.25, 0.3) is 0 Å². The number of carbonyl (C=O) groups excluding carboxylic acids is 1. The van der Waals surface area contributed by atoms with Crippen LogP contribution in [0, 0.1) is 0 Å². The van der Waals surface area contributed by atoms with Gasteiger partial charge in [-0.2, -0.15) is 11.3 Å². The molecule has 0 aliphatic heterocycles. The van der Waals surface area contributed by atoms with Crippen molar-refractivity contribution in [2.45, 2.75) is 12.8 Å². The molecule has 1 nitrogen and oxygen atoms in total. The summed E-state index contributed by atoms with van der Waals surface area (Å²) >= 11 is 8.45. The van der Waals surface area contributed by atoms with Crippen LogP contribution in [0.3, 0.4) is 0 Å². The van der Waals surface area contributed by atoms with Crippen molar-refractivity contribution >= 4 is 49.0 Å². The summed E-state index contributed by atoms with van der Waals surface area (Å²) in [5.41, 5.74) is 1.99. The quantitative estimate of drug-likeness (QED) is 0.682. The molecule has 2 aromatic rings. The predicted molar refractivity (Wildman–Crippen MR) is 78.8 cm³/mol. The van der Waals surface area contributed by atoms with E-state index in [9.17, 15) is 4.79 Å². The van der Waals surface area contributed by atoms with Crippen LogP contribution >= 0.6 is 43.2 Å². The molecule has 0 amide bonds. The van der Waals surface area contributed by atoms with Crippen LogP contribution in [0.2, 0.25) is 0 Å². The molecule has 1 aromatic carbocycles. The second kappa shape index (κ2) is 5.94. The minimum atomic E-state index is 0.179. The highest BCUT2D eigenvalue weighted by Crippen LogP contribution is 2.21. The maximum atomic E-state index is 12.0. The van der Waals surface area contributed by atoms with E-state index >= 15 is 0 Å². The van der Waals surface area contributed by atoms with Crippen LogP contribution in [0.15, 0.2) is 44.0 Å². The topological polar surface area (TPSA) is 17.1 Å². The molecule has 1 heterocycles. The van der Waals surface area contributed by atoms with Crippen molar-refractivity contribution in [2.24, 2.45) is 0 Å². The maximum absolute atomic E-state index is 12.0. The van der Waals surface area contributed by atoms with Crippen LogP contribution in [0.1, 0.15) is 22.3 Å². The molecule has 88 valence electrons. The fraction of sp³-hybridized carbons (Fsp3) is 0.154. The van der Waals surface area contributed by atoms with E-state index in [0.29, 0.717) is 6.42 Å². The Bertz CT molecular complexity index is 500. The molecule has 0 unspecified atom stereocenters. The molecular formula is C13H10Br2OS. The van der Waals surface area contributed by atoms with Crippen molar-refractivity contribution in [3.05, 3.63) is 55.1 Å². The van der Waals surface area contributed by atoms with E-state index in [1.54, 1.807) is 11.3 Å². The van der Waals surface area contributed by atoms with Gasteiger partial charge in [0.1, 0.15) is 0 Å². The third-order valence-corrected chi connectivity index (χ3v) is 4.05. The molecule has 0 saturated carbocycles. The van der Waals surface area contributed by atoms with Gasteiger partial charge in [-0.15, -0.1) is 0 Å². The van der Waals surface area contributed by atoms with Crippen molar-refractivity contribution in [1.29, 1.82) is 0 Å². The molecule has 0 bridgehead atoms. The van der Waals surface area contributed by atoms with Crippen molar-refractivity contribution in [3.63, 3.8) is 0 Å². The van der Waals surface area contributed by atoms with Crippen molar-refractivity contribution in [3.8, 4) is 0 Å². The van der Waals surface area contributed by atoms with Gasteiger partial charge in [0.2, 0.25) is 0 Å². The van der Waals surface area contributed by atoms with Gasteiger partial charge in [0.25, 0.3) is 0 Å². The summed E-state index contributed by atoms with van der Waals surface area (Å²) in [6, 6.07) is 7.71. The molecule has 1 aromatic heterocycles. The smallest absolute Gasteiger partial charge is 0.163 e. The zero-order chi connectivity index (χ0) is 12.3. The number of aryl methyl sites for hydroxylation is 1. The third kappa shape index (κ3) is 3.76. The summed E-state index contributed by atoms with van der Waals surface area (Å²) in [6.07, 6.45) is 1.37. The average Bonchev–Trinajstić information content (AvgIpc) is 2.77. The largest absolute Gasteiger partial charge is 0.294 e. The first kappa shape index (κ1) is 13.0. The molecular weight excluding hydrogens is 364 g/mol. The number of thiophene rings is 1. The van der Waals surface area contributed by atoms with Crippen LogP contribution in [-0.4, -0.2) is 5.78 Å². The lowest BCUT2D eigenvalue weighted by molar-refractivity contribution is 0.0982. The summed E-state index contributed by atoms with van der Waals surface area (Å²) in [4.78, 5) is 12.0. The number of Topliss-reactive ketones (excluding diaryl/α,β-unsaturated/α-hetero) is 1. The molecule has 0 aliphatic carbocycles. The normalized spacial score (nSPS) is 10.5. The van der Waals surface area contributed by atoms with E-state index in [1.165, 1.54) is 5.56 Å². The first-order valence-corrected chi connectivity index (χ1v) is 7.68. The van der Waals surface area contributed by atoms with Crippen molar-refractivity contribution in [2.75, 3.05) is 0 Å². The van der Waals surface area contributed by atoms with Gasteiger partial charge >= 0.3 is 0 Å². The molecule has 4 heteroatoms. The number of halogens is 2. The Kier molecular flexibility index (Phi) is 4.54. The monoisotopic (exact) mass is 372 g/mol. The lowest BCUT2D eigenvalue weighted by Crippen LogP contribution is -2.00. The standard InChI is InChI=1S/C13H10Br2OS/c14-11-5-10(6-12(15)7-11)13(16)2-1-9-3-4-17-8-9/h3-8H,1-2H2. The number of hydrogen-bond donors (Lipinski definition) is 0. The zero-order valence-corrected chi connectivity index (χ0v) is 12.9. The van der Waals surface area contributed by atoms with E-state index in [4.69, 9.17) is 0 Å². The first-order valence-electron chi connectivity index (χ1n) is 5.15. The van der Waals surface area contributed by atoms with E-state index in [1.807, 2.05) is 23.6 Å². The second-order valence-corrected chi connectivity index (χ2v) is 6.32. The van der Waals surface area contributed by atoms with Gasteiger partial charge in [-0.3, -0.25) is 4.79 Å². The molecule has 0 aliphatic rings. The highest BCUT2D eigenvalue weighted by Gasteiger charge is 2.08. The van der Waals surface area contributed by atoms with Crippen molar-refractivity contribution in [1.82, 2.24) is 0 Å². The Hall–Kier alpha value is -0.450. The molecule has 0 saturated heterocycles.